The maximum atomic E-state index is 11.9. The average Bonchev–Trinajstić information content (AvgIpc) is 2.72. The number of hydroxylamine groups is 1. The zero-order valence-corrected chi connectivity index (χ0v) is 8.70. The lowest BCUT2D eigenvalue weighted by Crippen LogP contribution is -2.47. The smallest absolute Gasteiger partial charge is 0.304 e. The fourth-order valence-electron chi connectivity index (χ4n) is 1.51. The van der Waals surface area contributed by atoms with Crippen LogP contribution in [0.3, 0.4) is 0 Å². The van der Waals surface area contributed by atoms with Crippen molar-refractivity contribution in [2.75, 3.05) is 39.5 Å². The van der Waals surface area contributed by atoms with Crippen LogP contribution >= 0.6 is 0 Å². The molecule has 14 heavy (non-hydrogen) atoms. The van der Waals surface area contributed by atoms with Gasteiger partial charge in [-0.2, -0.15) is 12.7 Å². The molecule has 2 saturated heterocycles. The molecule has 2 fully saturated rings. The van der Waals surface area contributed by atoms with E-state index in [4.69, 9.17) is 9.57 Å². The first kappa shape index (κ1) is 10.3. The minimum Gasteiger partial charge on any atom is -0.379 e. The number of hydrogen-bond acceptors (Lipinski definition) is 4. The minimum absolute atomic E-state index is 0.419. The van der Waals surface area contributed by atoms with Gasteiger partial charge in [0.1, 0.15) is 0 Å². The maximum absolute atomic E-state index is 11.9. The Balaban J connectivity index is 2.05. The van der Waals surface area contributed by atoms with Gasteiger partial charge in [0.25, 0.3) is 0 Å². The molecular weight excluding hydrogens is 208 g/mol. The number of hydrogen-bond donors (Lipinski definition) is 0. The fraction of sp³-hybridized carbons (Fsp3) is 1.00. The van der Waals surface area contributed by atoms with Crippen LogP contribution in [0.25, 0.3) is 0 Å². The highest BCUT2D eigenvalue weighted by atomic mass is 32.2. The Morgan fingerprint density at radius 2 is 1.71 bits per heavy atom. The normalized spacial score (nSPS) is 26.9. The van der Waals surface area contributed by atoms with Gasteiger partial charge in [0.2, 0.25) is 0 Å². The molecule has 0 unspecified atom stereocenters. The van der Waals surface area contributed by atoms with E-state index in [0.717, 1.165) is 10.9 Å². The first-order chi connectivity index (χ1) is 6.71. The van der Waals surface area contributed by atoms with Gasteiger partial charge in [0.15, 0.2) is 0 Å². The Bertz CT molecular complexity index is 280. The topological polar surface area (TPSA) is 59.1 Å². The van der Waals surface area contributed by atoms with E-state index in [-0.39, 0.29) is 0 Å². The number of morpholine rings is 1. The van der Waals surface area contributed by atoms with Crippen LogP contribution in [-0.2, 0) is 19.8 Å². The Morgan fingerprint density at radius 3 is 2.29 bits per heavy atom. The van der Waals surface area contributed by atoms with Crippen molar-refractivity contribution in [1.82, 2.24) is 8.77 Å². The SMILES string of the molecule is O=S(=O)(N1CCOCC1)N1CCCO1. The van der Waals surface area contributed by atoms with Crippen molar-refractivity contribution in [3.8, 4) is 0 Å². The predicted molar refractivity (Wildman–Crippen MR) is 48.6 cm³/mol. The summed E-state index contributed by atoms with van der Waals surface area (Å²) in [5.41, 5.74) is 0. The van der Waals surface area contributed by atoms with Gasteiger partial charge in [0, 0.05) is 19.6 Å². The first-order valence-corrected chi connectivity index (χ1v) is 6.09. The van der Waals surface area contributed by atoms with Crippen LogP contribution in [0.2, 0.25) is 0 Å². The van der Waals surface area contributed by atoms with E-state index in [2.05, 4.69) is 0 Å². The molecule has 7 heteroatoms. The number of nitrogens with zero attached hydrogens (tertiary/aromatic N) is 2. The monoisotopic (exact) mass is 222 g/mol. The van der Waals surface area contributed by atoms with Gasteiger partial charge in [-0.25, -0.2) is 0 Å². The highest BCUT2D eigenvalue weighted by Crippen LogP contribution is 2.15. The molecule has 0 aromatic rings. The van der Waals surface area contributed by atoms with E-state index >= 15 is 0 Å². The van der Waals surface area contributed by atoms with Gasteiger partial charge >= 0.3 is 10.2 Å². The highest BCUT2D eigenvalue weighted by molar-refractivity contribution is 7.86. The van der Waals surface area contributed by atoms with Crippen molar-refractivity contribution in [2.24, 2.45) is 0 Å². The lowest BCUT2D eigenvalue weighted by Gasteiger charge is -2.28. The second kappa shape index (κ2) is 4.11. The molecule has 0 aromatic carbocycles. The Labute approximate surface area is 83.5 Å². The van der Waals surface area contributed by atoms with E-state index in [1.807, 2.05) is 0 Å². The molecule has 0 N–H and O–H groups in total. The molecule has 0 spiro atoms. The third kappa shape index (κ3) is 1.91. The molecular formula is C7H14N2O4S. The van der Waals surface area contributed by atoms with Crippen molar-refractivity contribution in [1.29, 1.82) is 0 Å². The van der Waals surface area contributed by atoms with Crippen LogP contribution in [0, 0.1) is 0 Å². The second-order valence-corrected chi connectivity index (χ2v) is 5.05. The summed E-state index contributed by atoms with van der Waals surface area (Å²) in [6.07, 6.45) is 0.767. The summed E-state index contributed by atoms with van der Waals surface area (Å²) in [6.45, 7) is 2.72. The maximum Gasteiger partial charge on any atom is 0.304 e. The molecule has 0 aliphatic carbocycles. The van der Waals surface area contributed by atoms with Gasteiger partial charge in [-0.05, 0) is 6.42 Å². The Morgan fingerprint density at radius 1 is 1.00 bits per heavy atom. The quantitative estimate of drug-likeness (QED) is 0.614. The van der Waals surface area contributed by atoms with Gasteiger partial charge in [0.05, 0.1) is 19.8 Å². The van der Waals surface area contributed by atoms with Crippen molar-refractivity contribution >= 4 is 10.2 Å². The summed E-state index contributed by atoms with van der Waals surface area (Å²) in [6, 6.07) is 0. The molecule has 0 atom stereocenters. The molecule has 0 aromatic heterocycles. The van der Waals surface area contributed by atoms with Gasteiger partial charge in [-0.3, -0.25) is 4.84 Å². The summed E-state index contributed by atoms with van der Waals surface area (Å²) in [4.78, 5) is 5.03. The summed E-state index contributed by atoms with van der Waals surface area (Å²) < 4.78 is 31.3. The summed E-state index contributed by atoms with van der Waals surface area (Å²) >= 11 is 0. The Hall–Kier alpha value is -0.210. The molecule has 0 saturated carbocycles. The van der Waals surface area contributed by atoms with E-state index in [9.17, 15) is 8.42 Å². The molecule has 82 valence electrons. The second-order valence-electron chi connectivity index (χ2n) is 3.23. The lowest BCUT2D eigenvalue weighted by atomic mass is 10.5. The fourth-order valence-corrected chi connectivity index (χ4v) is 2.95. The summed E-state index contributed by atoms with van der Waals surface area (Å²) in [5.74, 6) is 0. The zero-order chi connectivity index (χ0) is 10.0. The molecule has 2 aliphatic rings. The van der Waals surface area contributed by atoms with E-state index in [1.165, 1.54) is 4.31 Å². The molecule has 0 amide bonds. The van der Waals surface area contributed by atoms with Gasteiger partial charge in [-0.1, -0.05) is 4.47 Å². The van der Waals surface area contributed by atoms with Crippen LogP contribution in [-0.4, -0.2) is 56.6 Å². The largest absolute Gasteiger partial charge is 0.379 e. The van der Waals surface area contributed by atoms with Gasteiger partial charge in [-0.15, -0.1) is 0 Å². The van der Waals surface area contributed by atoms with Crippen molar-refractivity contribution in [2.45, 2.75) is 6.42 Å². The van der Waals surface area contributed by atoms with Crippen LogP contribution in [0.15, 0.2) is 0 Å². The summed E-state index contributed by atoms with van der Waals surface area (Å²) in [7, 11) is -3.40. The predicted octanol–water partition coefficient (Wildman–Crippen LogP) is -0.799. The number of ether oxygens (including phenoxy) is 1. The first-order valence-electron chi connectivity index (χ1n) is 4.70. The van der Waals surface area contributed by atoms with Gasteiger partial charge < -0.3 is 4.74 Å². The molecule has 6 nitrogen and oxygen atoms in total. The van der Waals surface area contributed by atoms with Crippen LogP contribution in [0.4, 0.5) is 0 Å². The summed E-state index contributed by atoms with van der Waals surface area (Å²) in [5, 5.41) is 0. The van der Waals surface area contributed by atoms with Crippen molar-refractivity contribution < 1.29 is 18.0 Å². The zero-order valence-electron chi connectivity index (χ0n) is 7.89. The third-order valence-electron chi connectivity index (χ3n) is 2.27. The van der Waals surface area contributed by atoms with Crippen molar-refractivity contribution in [3.05, 3.63) is 0 Å². The molecule has 0 bridgehead atoms. The van der Waals surface area contributed by atoms with Crippen LogP contribution in [0.1, 0.15) is 6.42 Å². The van der Waals surface area contributed by atoms with Crippen molar-refractivity contribution in [3.63, 3.8) is 0 Å². The minimum atomic E-state index is -3.40. The third-order valence-corrected chi connectivity index (χ3v) is 4.09. The average molecular weight is 222 g/mol. The molecule has 2 rings (SSSR count). The standard InChI is InChI=1S/C7H14N2O4S/c10-14(11,9-2-1-5-13-9)8-3-6-12-7-4-8/h1-7H2. The molecule has 0 radical (unpaired) electrons. The van der Waals surface area contributed by atoms with E-state index in [1.54, 1.807) is 0 Å². The Kier molecular flexibility index (Phi) is 3.03. The van der Waals surface area contributed by atoms with E-state index in [0.29, 0.717) is 39.5 Å². The van der Waals surface area contributed by atoms with Crippen LogP contribution in [0.5, 0.6) is 0 Å². The molecule has 2 aliphatic heterocycles. The molecule has 2 heterocycles. The van der Waals surface area contributed by atoms with Crippen LogP contribution < -0.4 is 0 Å². The van der Waals surface area contributed by atoms with E-state index < -0.39 is 10.2 Å². The highest BCUT2D eigenvalue weighted by Gasteiger charge is 2.33. The number of rotatable bonds is 2. The lowest BCUT2D eigenvalue weighted by molar-refractivity contribution is -0.0378.